The first-order chi connectivity index (χ1) is 29.8. The van der Waals surface area contributed by atoms with Crippen LogP contribution in [0.25, 0.3) is 0 Å². The summed E-state index contributed by atoms with van der Waals surface area (Å²) >= 11 is 0. The number of nitrogens with one attached hydrogen (secondary N) is 2. The zero-order valence-electron chi connectivity index (χ0n) is 36.2. The monoisotopic (exact) mass is 878 g/mol. The third-order valence-corrected chi connectivity index (χ3v) is 9.85. The minimum absolute atomic E-state index is 0.0575. The van der Waals surface area contributed by atoms with Crippen molar-refractivity contribution < 1.29 is 76.3 Å². The van der Waals surface area contributed by atoms with E-state index in [9.17, 15) is 38.4 Å². The lowest BCUT2D eigenvalue weighted by molar-refractivity contribution is -0.140. The SMILES string of the molecule is C=C(C)C(=O)OCCOC(=O)c1ccccc1C(=O)OCC(C)OC(=O)NC1CC2(C)/C=C(/C)C(=O)OCCOC(=O)c3ccccc3C(=O)OCC(C)OC(=O)NCC(C)(C1)C2. The van der Waals surface area contributed by atoms with E-state index >= 15 is 0 Å². The smallest absolute Gasteiger partial charge is 0.407 e. The van der Waals surface area contributed by atoms with E-state index in [2.05, 4.69) is 17.2 Å². The van der Waals surface area contributed by atoms with Crippen LogP contribution in [0.3, 0.4) is 0 Å². The number of allylic oxidation sites excluding steroid dienone is 1. The minimum atomic E-state index is -0.940. The third-order valence-electron chi connectivity index (χ3n) is 9.85. The van der Waals surface area contributed by atoms with Crippen LogP contribution in [0.1, 0.15) is 102 Å². The number of rotatable bonds is 10. The molecule has 1 saturated carbocycles. The Morgan fingerprint density at radius 2 is 1.41 bits per heavy atom. The van der Waals surface area contributed by atoms with Crippen LogP contribution in [0.2, 0.25) is 0 Å². The van der Waals surface area contributed by atoms with Gasteiger partial charge in [0.05, 0.1) is 22.3 Å². The second-order valence-corrected chi connectivity index (χ2v) is 16.1. The van der Waals surface area contributed by atoms with Gasteiger partial charge in [0.2, 0.25) is 0 Å². The number of hydrogen-bond acceptors (Lipinski definition) is 16. The van der Waals surface area contributed by atoms with Crippen LogP contribution < -0.4 is 10.6 Å². The van der Waals surface area contributed by atoms with Crippen LogP contribution in [-0.2, 0) is 47.5 Å². The summed E-state index contributed by atoms with van der Waals surface area (Å²) in [4.78, 5) is 102. The van der Waals surface area contributed by atoms with E-state index in [-0.39, 0.29) is 79.6 Å². The highest BCUT2D eigenvalue weighted by molar-refractivity contribution is 6.04. The molecule has 4 rings (SSSR count). The van der Waals surface area contributed by atoms with Gasteiger partial charge in [-0.1, -0.05) is 50.8 Å². The first kappa shape index (κ1) is 48.9. The maximum atomic E-state index is 13.3. The van der Waals surface area contributed by atoms with Crippen LogP contribution in [0.4, 0.5) is 9.59 Å². The van der Waals surface area contributed by atoms with Crippen molar-refractivity contribution >= 4 is 48.0 Å². The van der Waals surface area contributed by atoms with E-state index in [1.807, 2.05) is 13.8 Å². The van der Waals surface area contributed by atoms with Crippen LogP contribution >= 0.6 is 0 Å². The molecule has 2 aromatic carbocycles. The summed E-state index contributed by atoms with van der Waals surface area (Å²) in [5, 5.41) is 5.64. The number of benzene rings is 2. The first-order valence-corrected chi connectivity index (χ1v) is 20.3. The van der Waals surface area contributed by atoms with Crippen LogP contribution in [0.15, 0.2) is 72.3 Å². The minimum Gasteiger partial charge on any atom is -0.459 e. The Morgan fingerprint density at radius 3 is 2.05 bits per heavy atom. The number of alkyl carbamates (subject to hydrolysis) is 2. The van der Waals surface area contributed by atoms with Gasteiger partial charge in [0.1, 0.15) is 51.8 Å². The molecule has 5 atom stereocenters. The van der Waals surface area contributed by atoms with Crippen molar-refractivity contribution in [3.63, 3.8) is 0 Å². The molecular weight excluding hydrogens is 824 g/mol. The lowest BCUT2D eigenvalue weighted by Gasteiger charge is -2.47. The van der Waals surface area contributed by atoms with Crippen molar-refractivity contribution in [1.82, 2.24) is 10.6 Å². The van der Waals surface area contributed by atoms with Crippen molar-refractivity contribution in [2.24, 2.45) is 10.8 Å². The van der Waals surface area contributed by atoms with Crippen molar-refractivity contribution in [3.8, 4) is 0 Å². The number of carbonyl (C=O) groups is 8. The van der Waals surface area contributed by atoms with E-state index in [0.29, 0.717) is 19.3 Å². The van der Waals surface area contributed by atoms with Crippen molar-refractivity contribution in [3.05, 3.63) is 94.6 Å². The van der Waals surface area contributed by atoms with E-state index in [0.717, 1.165) is 0 Å². The van der Waals surface area contributed by atoms with Crippen LogP contribution in [0.5, 0.6) is 0 Å². The lowest BCUT2D eigenvalue weighted by atomic mass is 9.61. The number of ether oxygens (including phenoxy) is 8. The van der Waals surface area contributed by atoms with Gasteiger partial charge in [0.25, 0.3) is 0 Å². The molecule has 63 heavy (non-hydrogen) atoms. The molecule has 0 radical (unpaired) electrons. The summed E-state index contributed by atoms with van der Waals surface area (Å²) in [5.41, 5.74) is -1.28. The van der Waals surface area contributed by atoms with Crippen LogP contribution in [0, 0.1) is 10.8 Å². The van der Waals surface area contributed by atoms with Crippen molar-refractivity contribution in [1.29, 1.82) is 0 Å². The highest BCUT2D eigenvalue weighted by Crippen LogP contribution is 2.47. The zero-order chi connectivity index (χ0) is 46.3. The Kier molecular flexibility index (Phi) is 17.4. The Hall–Kier alpha value is -6.72. The molecule has 1 fully saturated rings. The summed E-state index contributed by atoms with van der Waals surface area (Å²) in [6.07, 6.45) is -0.515. The van der Waals surface area contributed by atoms with E-state index in [1.165, 1.54) is 57.2 Å². The number of hydrogen-bond donors (Lipinski definition) is 2. The van der Waals surface area contributed by atoms with Gasteiger partial charge < -0.3 is 48.5 Å². The largest absolute Gasteiger partial charge is 0.459 e. The summed E-state index contributed by atoms with van der Waals surface area (Å²) < 4.78 is 42.4. The fraction of sp³-hybridized carbons (Fsp3) is 0.467. The molecule has 2 bridgehead atoms. The summed E-state index contributed by atoms with van der Waals surface area (Å²) in [6.45, 7) is 11.8. The standard InChI is InChI=1S/C45H54N2O16/c1-27(2)36(48)56-16-18-58-38(50)32-12-8-11-15-35(32)41(53)61-24-30(5)63-43(55)47-31-21-44(6)20-28(3)37(49)57-17-19-59-39(51)33-13-9-10-14-34(33)40(52)60-23-29(4)62-42(54)46-26-45(7,22-31)25-44/h8-15,20,29-31H,1,16-19,21-26H2,2-7H3,(H,46,54)(H,47,55)/b28-20-. The normalized spacial score (nSPS) is 23.6. The number of amides is 2. The van der Waals surface area contributed by atoms with E-state index in [4.69, 9.17) is 37.9 Å². The van der Waals surface area contributed by atoms with Crippen molar-refractivity contribution in [2.75, 3.05) is 46.2 Å². The number of esters is 6. The zero-order valence-corrected chi connectivity index (χ0v) is 36.2. The molecule has 1 aliphatic heterocycles. The molecule has 0 spiro atoms. The third kappa shape index (κ3) is 15.0. The Morgan fingerprint density at radius 1 is 0.841 bits per heavy atom. The molecule has 18 nitrogen and oxygen atoms in total. The highest BCUT2D eigenvalue weighted by atomic mass is 16.6. The molecule has 340 valence electrons. The number of fused-ring (bicyclic) bond motifs is 3. The molecule has 0 saturated heterocycles. The molecule has 18 heteroatoms. The average Bonchev–Trinajstić information content (AvgIpc) is 3.22. The molecule has 1 aliphatic carbocycles. The van der Waals surface area contributed by atoms with Crippen LogP contribution in [-0.4, -0.2) is 112 Å². The van der Waals surface area contributed by atoms with Gasteiger partial charge in [0, 0.05) is 23.7 Å². The van der Waals surface area contributed by atoms with Gasteiger partial charge in [-0.25, -0.2) is 38.4 Å². The summed E-state index contributed by atoms with van der Waals surface area (Å²) in [5.74, 6) is -4.70. The van der Waals surface area contributed by atoms with Gasteiger partial charge in [-0.15, -0.1) is 0 Å². The molecule has 5 unspecified atom stereocenters. The fourth-order valence-electron chi connectivity index (χ4n) is 7.39. The van der Waals surface area contributed by atoms with Gasteiger partial charge in [-0.05, 0) is 82.1 Å². The molecule has 1 heterocycles. The second kappa shape index (κ2) is 22.4. The molecule has 2 N–H and O–H groups in total. The van der Waals surface area contributed by atoms with E-state index in [1.54, 1.807) is 25.1 Å². The predicted octanol–water partition coefficient (Wildman–Crippen LogP) is 5.43. The van der Waals surface area contributed by atoms with Gasteiger partial charge >= 0.3 is 48.0 Å². The van der Waals surface area contributed by atoms with Crippen molar-refractivity contribution in [2.45, 2.75) is 79.1 Å². The maximum absolute atomic E-state index is 13.3. The second-order valence-electron chi connectivity index (χ2n) is 16.1. The Balaban J connectivity index is 1.40. The predicted molar refractivity (Wildman–Crippen MR) is 221 cm³/mol. The van der Waals surface area contributed by atoms with Gasteiger partial charge in [-0.2, -0.15) is 0 Å². The van der Waals surface area contributed by atoms with Gasteiger partial charge in [-0.3, -0.25) is 0 Å². The number of cyclic esters (lactones) is 4. The summed E-state index contributed by atoms with van der Waals surface area (Å²) in [6, 6.07) is 11.1. The topological polar surface area (TPSA) is 234 Å². The Labute approximate surface area is 364 Å². The number of carbonyl (C=O) groups excluding carboxylic acids is 8. The lowest BCUT2D eigenvalue weighted by Crippen LogP contribution is -2.51. The highest BCUT2D eigenvalue weighted by Gasteiger charge is 2.44. The quantitative estimate of drug-likeness (QED) is 0.131. The maximum Gasteiger partial charge on any atom is 0.407 e. The molecular formula is C45H54N2O16. The fourth-order valence-corrected chi connectivity index (χ4v) is 7.39. The molecule has 2 aromatic rings. The Bertz CT molecular complexity index is 2100. The summed E-state index contributed by atoms with van der Waals surface area (Å²) in [7, 11) is 0. The van der Waals surface area contributed by atoms with E-state index < -0.39 is 77.1 Å². The van der Waals surface area contributed by atoms with Gasteiger partial charge in [0.15, 0.2) is 0 Å². The molecule has 2 aliphatic rings. The first-order valence-electron chi connectivity index (χ1n) is 20.3. The molecule has 0 aromatic heterocycles. The average molecular weight is 879 g/mol. The molecule has 2 amide bonds.